The molecule has 0 aromatic rings. The van der Waals surface area contributed by atoms with Crippen LogP contribution in [0, 0.1) is 5.92 Å². The second-order valence-electron chi connectivity index (χ2n) is 3.60. The van der Waals surface area contributed by atoms with Gasteiger partial charge in [-0.05, 0) is 12.8 Å². The van der Waals surface area contributed by atoms with E-state index in [9.17, 15) is 14.4 Å². The van der Waals surface area contributed by atoms with E-state index < -0.39 is 0 Å². The van der Waals surface area contributed by atoms with Crippen molar-refractivity contribution in [3.05, 3.63) is 0 Å². The predicted octanol–water partition coefficient (Wildman–Crippen LogP) is -1.91. The Morgan fingerprint density at radius 3 is 2.69 bits per heavy atom. The third kappa shape index (κ3) is 3.85. The minimum absolute atomic E-state index is 0.0168. The molecule has 0 atom stereocenters. The average Bonchev–Trinajstić information content (AvgIpc) is 2.17. The summed E-state index contributed by atoms with van der Waals surface area (Å²) in [5, 5.41) is 4.69. The standard InChI is InChI=1S/C9H15N3O4/c10-9(15)6-1-7(2-6)16-5-12-8(14)3-11-4-13/h4,6-7H,1-3,5H2,(H2,10,15)(H,11,13)(H,12,14). The molecule has 0 aliphatic heterocycles. The normalized spacial score (nSPS) is 23.0. The van der Waals surface area contributed by atoms with Gasteiger partial charge >= 0.3 is 0 Å². The predicted molar refractivity (Wildman–Crippen MR) is 53.9 cm³/mol. The maximum Gasteiger partial charge on any atom is 0.241 e. The number of carbonyl (C=O) groups is 3. The van der Waals surface area contributed by atoms with Crippen LogP contribution in [0.2, 0.25) is 0 Å². The zero-order valence-corrected chi connectivity index (χ0v) is 8.77. The fourth-order valence-corrected chi connectivity index (χ4v) is 1.37. The Hall–Kier alpha value is -1.63. The first-order valence-corrected chi connectivity index (χ1v) is 4.98. The minimum Gasteiger partial charge on any atom is -0.369 e. The van der Waals surface area contributed by atoms with Gasteiger partial charge in [0.2, 0.25) is 18.2 Å². The molecule has 4 N–H and O–H groups in total. The fraction of sp³-hybridized carbons (Fsp3) is 0.667. The molecular weight excluding hydrogens is 214 g/mol. The number of amides is 3. The van der Waals surface area contributed by atoms with Gasteiger partial charge in [-0.1, -0.05) is 0 Å². The topological polar surface area (TPSA) is 111 Å². The van der Waals surface area contributed by atoms with E-state index in [1.807, 2.05) is 0 Å². The van der Waals surface area contributed by atoms with Gasteiger partial charge in [-0.25, -0.2) is 0 Å². The lowest BCUT2D eigenvalue weighted by Crippen LogP contribution is -2.42. The van der Waals surface area contributed by atoms with Crippen molar-refractivity contribution in [2.75, 3.05) is 13.3 Å². The molecule has 0 spiro atoms. The maximum atomic E-state index is 11.0. The average molecular weight is 229 g/mol. The molecule has 3 amide bonds. The van der Waals surface area contributed by atoms with Gasteiger partial charge in [0.1, 0.15) is 6.73 Å². The highest BCUT2D eigenvalue weighted by atomic mass is 16.5. The van der Waals surface area contributed by atoms with E-state index in [-0.39, 0.29) is 37.1 Å². The molecule has 0 bridgehead atoms. The van der Waals surface area contributed by atoms with Gasteiger partial charge in [-0.15, -0.1) is 0 Å². The molecule has 0 unspecified atom stereocenters. The number of nitrogens with two attached hydrogens (primary N) is 1. The summed E-state index contributed by atoms with van der Waals surface area (Å²) in [5.41, 5.74) is 5.09. The van der Waals surface area contributed by atoms with Crippen molar-refractivity contribution in [1.29, 1.82) is 0 Å². The van der Waals surface area contributed by atoms with Crippen LogP contribution in [0.3, 0.4) is 0 Å². The highest BCUT2D eigenvalue weighted by Crippen LogP contribution is 2.29. The molecule has 1 aliphatic rings. The number of hydrogen-bond donors (Lipinski definition) is 3. The van der Waals surface area contributed by atoms with E-state index in [4.69, 9.17) is 10.5 Å². The number of rotatable bonds is 7. The second kappa shape index (κ2) is 6.06. The van der Waals surface area contributed by atoms with Gasteiger partial charge in [-0.2, -0.15) is 0 Å². The van der Waals surface area contributed by atoms with Crippen LogP contribution in [0.4, 0.5) is 0 Å². The molecule has 90 valence electrons. The molecule has 0 saturated heterocycles. The SMILES string of the molecule is NC(=O)C1CC(OCNC(=O)CNC=O)C1. The van der Waals surface area contributed by atoms with Crippen LogP contribution in [-0.2, 0) is 19.1 Å². The molecule has 0 heterocycles. The summed E-state index contributed by atoms with van der Waals surface area (Å²) in [7, 11) is 0. The number of primary amides is 1. The van der Waals surface area contributed by atoms with E-state index in [0.717, 1.165) is 0 Å². The summed E-state index contributed by atoms with van der Waals surface area (Å²) < 4.78 is 5.25. The summed E-state index contributed by atoms with van der Waals surface area (Å²) in [5.74, 6) is -0.727. The summed E-state index contributed by atoms with van der Waals surface area (Å²) >= 11 is 0. The van der Waals surface area contributed by atoms with Gasteiger partial charge in [-0.3, -0.25) is 14.4 Å². The van der Waals surface area contributed by atoms with Crippen LogP contribution in [0.25, 0.3) is 0 Å². The molecule has 7 nitrogen and oxygen atoms in total. The Morgan fingerprint density at radius 1 is 1.44 bits per heavy atom. The lowest BCUT2D eigenvalue weighted by molar-refractivity contribution is -0.133. The molecular formula is C9H15N3O4. The van der Waals surface area contributed by atoms with Crippen molar-refractivity contribution in [2.24, 2.45) is 11.7 Å². The molecule has 1 aliphatic carbocycles. The smallest absolute Gasteiger partial charge is 0.241 e. The van der Waals surface area contributed by atoms with E-state index in [1.165, 1.54) is 0 Å². The highest BCUT2D eigenvalue weighted by molar-refractivity contribution is 5.79. The van der Waals surface area contributed by atoms with Crippen LogP contribution in [0.15, 0.2) is 0 Å². The molecule has 16 heavy (non-hydrogen) atoms. The van der Waals surface area contributed by atoms with Crippen molar-refractivity contribution >= 4 is 18.2 Å². The maximum absolute atomic E-state index is 11.0. The fourth-order valence-electron chi connectivity index (χ4n) is 1.37. The molecule has 0 radical (unpaired) electrons. The zero-order valence-electron chi connectivity index (χ0n) is 8.77. The molecule has 1 saturated carbocycles. The molecule has 1 fully saturated rings. The first kappa shape index (κ1) is 12.4. The second-order valence-corrected chi connectivity index (χ2v) is 3.60. The van der Waals surface area contributed by atoms with Crippen LogP contribution in [0.1, 0.15) is 12.8 Å². The van der Waals surface area contributed by atoms with E-state index >= 15 is 0 Å². The largest absolute Gasteiger partial charge is 0.369 e. The van der Waals surface area contributed by atoms with Crippen LogP contribution >= 0.6 is 0 Å². The molecule has 7 heteroatoms. The Labute approximate surface area is 92.7 Å². The summed E-state index contributed by atoms with van der Waals surface area (Å²) in [6, 6.07) is 0. The number of ether oxygens (including phenoxy) is 1. The lowest BCUT2D eigenvalue weighted by Gasteiger charge is -2.32. The van der Waals surface area contributed by atoms with Gasteiger partial charge in [0, 0.05) is 5.92 Å². The van der Waals surface area contributed by atoms with Crippen LogP contribution in [-0.4, -0.2) is 37.6 Å². The summed E-state index contributed by atoms with van der Waals surface area (Å²) in [6.45, 7) is 0.0109. The molecule has 1 rings (SSSR count). The Bertz CT molecular complexity index is 276. The zero-order chi connectivity index (χ0) is 12.0. The van der Waals surface area contributed by atoms with Gasteiger partial charge < -0.3 is 21.1 Å². The van der Waals surface area contributed by atoms with Crippen molar-refractivity contribution in [1.82, 2.24) is 10.6 Å². The number of nitrogens with one attached hydrogen (secondary N) is 2. The van der Waals surface area contributed by atoms with Crippen molar-refractivity contribution < 1.29 is 19.1 Å². The first-order valence-electron chi connectivity index (χ1n) is 4.98. The lowest BCUT2D eigenvalue weighted by atomic mass is 9.82. The monoisotopic (exact) mass is 229 g/mol. The van der Waals surface area contributed by atoms with Crippen LogP contribution < -0.4 is 16.4 Å². The van der Waals surface area contributed by atoms with Gasteiger partial charge in [0.25, 0.3) is 0 Å². The Morgan fingerprint density at radius 2 is 2.12 bits per heavy atom. The third-order valence-electron chi connectivity index (χ3n) is 2.43. The summed E-state index contributed by atoms with van der Waals surface area (Å²) in [6.07, 6.45) is 1.65. The van der Waals surface area contributed by atoms with Gasteiger partial charge in [0.05, 0.1) is 12.6 Å². The van der Waals surface area contributed by atoms with E-state index in [1.54, 1.807) is 0 Å². The quantitative estimate of drug-likeness (QED) is 0.349. The van der Waals surface area contributed by atoms with Crippen molar-refractivity contribution in [3.63, 3.8) is 0 Å². The Balaban J connectivity index is 1.99. The van der Waals surface area contributed by atoms with E-state index in [2.05, 4.69) is 10.6 Å². The highest BCUT2D eigenvalue weighted by Gasteiger charge is 2.33. The van der Waals surface area contributed by atoms with E-state index in [0.29, 0.717) is 19.3 Å². The Kier molecular flexibility index (Phi) is 4.71. The van der Waals surface area contributed by atoms with Crippen molar-refractivity contribution in [3.8, 4) is 0 Å². The van der Waals surface area contributed by atoms with Crippen LogP contribution in [0.5, 0.6) is 0 Å². The molecule has 0 aromatic carbocycles. The number of hydrogen-bond acceptors (Lipinski definition) is 4. The third-order valence-corrected chi connectivity index (χ3v) is 2.43. The number of carbonyl (C=O) groups excluding carboxylic acids is 3. The van der Waals surface area contributed by atoms with Crippen molar-refractivity contribution in [2.45, 2.75) is 18.9 Å². The minimum atomic E-state index is -0.321. The molecule has 0 aromatic heterocycles. The summed E-state index contributed by atoms with van der Waals surface area (Å²) in [4.78, 5) is 31.5. The van der Waals surface area contributed by atoms with Gasteiger partial charge in [0.15, 0.2) is 0 Å². The first-order chi connectivity index (χ1) is 7.63.